The van der Waals surface area contributed by atoms with Gasteiger partial charge in [-0.1, -0.05) is 60.7 Å². The molecule has 0 radical (unpaired) electrons. The van der Waals surface area contributed by atoms with Crippen molar-refractivity contribution in [2.75, 3.05) is 19.1 Å². The van der Waals surface area contributed by atoms with Gasteiger partial charge in [0.25, 0.3) is 0 Å². The fraction of sp³-hybridized carbons (Fsp3) is 0.174. The molecule has 0 saturated carbocycles. The number of carbonyl (C=O) groups is 1. The van der Waals surface area contributed by atoms with Crippen LogP contribution < -0.4 is 9.64 Å². The molecule has 1 aliphatic heterocycles. The number of hydrogen-bond acceptors (Lipinski definition) is 2. The average Bonchev–Trinajstić information content (AvgIpc) is 2.92. The zero-order valence-electron chi connectivity index (χ0n) is 15.0. The Kier molecular flexibility index (Phi) is 4.00. The van der Waals surface area contributed by atoms with Gasteiger partial charge in [0, 0.05) is 12.7 Å². The van der Waals surface area contributed by atoms with Gasteiger partial charge in [-0.2, -0.15) is 0 Å². The maximum absolute atomic E-state index is 13.5. The Morgan fingerprint density at radius 3 is 2.23 bits per heavy atom. The van der Waals surface area contributed by atoms with Crippen LogP contribution in [0, 0.1) is 0 Å². The van der Waals surface area contributed by atoms with Gasteiger partial charge in [0.15, 0.2) is 0 Å². The van der Waals surface area contributed by atoms with Gasteiger partial charge in [0.2, 0.25) is 5.91 Å². The zero-order chi connectivity index (χ0) is 18.1. The van der Waals surface area contributed by atoms with Crippen molar-refractivity contribution in [1.82, 2.24) is 0 Å². The minimum atomic E-state index is -0.723. The second kappa shape index (κ2) is 6.34. The third-order valence-corrected chi connectivity index (χ3v) is 5.29. The molecule has 1 heterocycles. The standard InChI is InChI=1S/C23H21NO2/c1-24-21-11-7-6-10-20(21)23(22(24)25,16-17-8-4-3-5-9-17)18-12-14-19(26-2)15-13-18/h3-15H,16H2,1-2H3/t23-/m1/s1. The molecule has 1 atom stereocenters. The van der Waals surface area contributed by atoms with Gasteiger partial charge in [-0.15, -0.1) is 0 Å². The Hall–Kier alpha value is -3.07. The predicted molar refractivity (Wildman–Crippen MR) is 104 cm³/mol. The van der Waals surface area contributed by atoms with Crippen LogP contribution in [0.4, 0.5) is 5.69 Å². The van der Waals surface area contributed by atoms with E-state index in [1.165, 1.54) is 0 Å². The minimum absolute atomic E-state index is 0.104. The molecule has 1 aliphatic rings. The fourth-order valence-corrected chi connectivity index (χ4v) is 3.97. The lowest BCUT2D eigenvalue weighted by molar-refractivity contribution is -0.121. The zero-order valence-corrected chi connectivity index (χ0v) is 15.0. The van der Waals surface area contributed by atoms with E-state index in [0.717, 1.165) is 28.1 Å². The Morgan fingerprint density at radius 2 is 1.54 bits per heavy atom. The second-order valence-electron chi connectivity index (χ2n) is 6.68. The van der Waals surface area contributed by atoms with Crippen molar-refractivity contribution in [3.05, 3.63) is 95.6 Å². The quantitative estimate of drug-likeness (QED) is 0.710. The summed E-state index contributed by atoms with van der Waals surface area (Å²) >= 11 is 0. The molecular formula is C23H21NO2. The van der Waals surface area contributed by atoms with Crippen LogP contribution in [0.25, 0.3) is 0 Å². The van der Waals surface area contributed by atoms with Crippen LogP contribution in [0.1, 0.15) is 16.7 Å². The topological polar surface area (TPSA) is 29.5 Å². The Morgan fingerprint density at radius 1 is 0.885 bits per heavy atom. The fourth-order valence-electron chi connectivity index (χ4n) is 3.97. The van der Waals surface area contributed by atoms with E-state index in [2.05, 4.69) is 18.2 Å². The molecule has 0 aliphatic carbocycles. The molecule has 4 rings (SSSR count). The number of carbonyl (C=O) groups excluding carboxylic acids is 1. The van der Waals surface area contributed by atoms with E-state index < -0.39 is 5.41 Å². The van der Waals surface area contributed by atoms with Gasteiger partial charge in [-0.3, -0.25) is 4.79 Å². The van der Waals surface area contributed by atoms with Crippen molar-refractivity contribution >= 4 is 11.6 Å². The lowest BCUT2D eigenvalue weighted by atomic mass is 9.71. The summed E-state index contributed by atoms with van der Waals surface area (Å²) < 4.78 is 5.31. The molecule has 3 heteroatoms. The van der Waals surface area contributed by atoms with E-state index in [1.807, 2.05) is 67.7 Å². The van der Waals surface area contributed by atoms with E-state index in [-0.39, 0.29) is 5.91 Å². The van der Waals surface area contributed by atoms with E-state index >= 15 is 0 Å². The maximum atomic E-state index is 13.5. The number of likely N-dealkylation sites (N-methyl/N-ethyl adjacent to an activating group) is 1. The highest BCUT2D eigenvalue weighted by Crippen LogP contribution is 2.47. The first-order valence-corrected chi connectivity index (χ1v) is 8.73. The van der Waals surface area contributed by atoms with E-state index in [0.29, 0.717) is 6.42 Å². The first-order chi connectivity index (χ1) is 12.7. The van der Waals surface area contributed by atoms with Crippen LogP contribution in [-0.4, -0.2) is 20.1 Å². The number of ether oxygens (including phenoxy) is 1. The number of fused-ring (bicyclic) bond motifs is 1. The Bertz CT molecular complexity index is 934. The molecule has 0 fully saturated rings. The summed E-state index contributed by atoms with van der Waals surface area (Å²) in [6.45, 7) is 0. The van der Waals surface area contributed by atoms with Crippen LogP contribution in [-0.2, 0) is 16.6 Å². The van der Waals surface area contributed by atoms with Gasteiger partial charge < -0.3 is 9.64 Å². The van der Waals surface area contributed by atoms with E-state index in [9.17, 15) is 4.79 Å². The third-order valence-electron chi connectivity index (χ3n) is 5.29. The van der Waals surface area contributed by atoms with Gasteiger partial charge in [-0.05, 0) is 41.3 Å². The minimum Gasteiger partial charge on any atom is -0.497 e. The van der Waals surface area contributed by atoms with E-state index in [4.69, 9.17) is 4.74 Å². The molecule has 3 nitrogen and oxygen atoms in total. The summed E-state index contributed by atoms with van der Waals surface area (Å²) in [6, 6.07) is 26.2. The van der Waals surface area contributed by atoms with Crippen molar-refractivity contribution in [2.45, 2.75) is 11.8 Å². The van der Waals surface area contributed by atoms with Crippen molar-refractivity contribution in [1.29, 1.82) is 0 Å². The molecule has 0 aromatic heterocycles. The number of rotatable bonds is 4. The average molecular weight is 343 g/mol. The monoisotopic (exact) mass is 343 g/mol. The van der Waals surface area contributed by atoms with E-state index in [1.54, 1.807) is 12.0 Å². The van der Waals surface area contributed by atoms with Crippen LogP contribution >= 0.6 is 0 Å². The SMILES string of the molecule is COc1ccc([C@@]2(Cc3ccccc3)C(=O)N(C)c3ccccc32)cc1. The molecule has 0 spiro atoms. The highest BCUT2D eigenvalue weighted by atomic mass is 16.5. The third kappa shape index (κ3) is 2.39. The Labute approximate surface area is 153 Å². The maximum Gasteiger partial charge on any atom is 0.242 e. The molecule has 0 N–H and O–H groups in total. The lowest BCUT2D eigenvalue weighted by Gasteiger charge is -2.29. The molecule has 1 amide bonds. The number of methoxy groups -OCH3 is 1. The van der Waals surface area contributed by atoms with Crippen molar-refractivity contribution < 1.29 is 9.53 Å². The van der Waals surface area contributed by atoms with Crippen molar-refractivity contribution in [3.63, 3.8) is 0 Å². The summed E-state index contributed by atoms with van der Waals surface area (Å²) in [5, 5.41) is 0. The molecular weight excluding hydrogens is 322 g/mol. The molecule has 0 unspecified atom stereocenters. The van der Waals surface area contributed by atoms with Crippen LogP contribution in [0.15, 0.2) is 78.9 Å². The molecule has 3 aromatic rings. The first-order valence-electron chi connectivity index (χ1n) is 8.73. The highest BCUT2D eigenvalue weighted by Gasteiger charge is 2.50. The summed E-state index contributed by atoms with van der Waals surface area (Å²) in [6.07, 6.45) is 0.625. The number of para-hydroxylation sites is 1. The number of nitrogens with zero attached hydrogens (tertiary/aromatic N) is 1. The van der Waals surface area contributed by atoms with Crippen molar-refractivity contribution in [2.24, 2.45) is 0 Å². The summed E-state index contributed by atoms with van der Waals surface area (Å²) in [7, 11) is 3.51. The molecule has 0 bridgehead atoms. The number of hydrogen-bond donors (Lipinski definition) is 0. The Balaban J connectivity index is 1.94. The van der Waals surface area contributed by atoms with Gasteiger partial charge >= 0.3 is 0 Å². The summed E-state index contributed by atoms with van der Waals surface area (Å²) in [4.78, 5) is 15.3. The number of amides is 1. The predicted octanol–water partition coefficient (Wildman–Crippen LogP) is 4.20. The normalized spacial score (nSPS) is 18.7. The smallest absolute Gasteiger partial charge is 0.242 e. The molecule has 3 aromatic carbocycles. The highest BCUT2D eigenvalue weighted by molar-refractivity contribution is 6.10. The van der Waals surface area contributed by atoms with Crippen molar-refractivity contribution in [3.8, 4) is 5.75 Å². The molecule has 130 valence electrons. The lowest BCUT2D eigenvalue weighted by Crippen LogP contribution is -2.41. The molecule has 26 heavy (non-hydrogen) atoms. The number of anilines is 1. The van der Waals surface area contributed by atoms with Gasteiger partial charge in [0.05, 0.1) is 7.11 Å². The van der Waals surface area contributed by atoms with Gasteiger partial charge in [0.1, 0.15) is 11.2 Å². The van der Waals surface area contributed by atoms with Crippen LogP contribution in [0.5, 0.6) is 5.75 Å². The van der Waals surface area contributed by atoms with Gasteiger partial charge in [-0.25, -0.2) is 0 Å². The van der Waals surface area contributed by atoms with Crippen LogP contribution in [0.3, 0.4) is 0 Å². The first kappa shape index (κ1) is 16.4. The van der Waals surface area contributed by atoms with Crippen LogP contribution in [0.2, 0.25) is 0 Å². The second-order valence-corrected chi connectivity index (χ2v) is 6.68. The molecule has 0 saturated heterocycles. The summed E-state index contributed by atoms with van der Waals surface area (Å²) in [5.74, 6) is 0.892. The number of benzene rings is 3. The summed E-state index contributed by atoms with van der Waals surface area (Å²) in [5.41, 5.74) is 3.44. The largest absolute Gasteiger partial charge is 0.497 e.